The molecule has 160 valence electrons. The van der Waals surface area contributed by atoms with Crippen molar-refractivity contribution in [3.63, 3.8) is 0 Å². The molecule has 2 rings (SSSR count). The summed E-state index contributed by atoms with van der Waals surface area (Å²) in [7, 11) is 0. The zero-order valence-corrected chi connectivity index (χ0v) is 17.7. The number of anilines is 2. The zero-order valence-electron chi connectivity index (χ0n) is 17.7. The van der Waals surface area contributed by atoms with Crippen LogP contribution in [0.1, 0.15) is 54.3 Å². The highest BCUT2D eigenvalue weighted by atomic mass is 16.2. The summed E-state index contributed by atoms with van der Waals surface area (Å²) < 4.78 is 0. The van der Waals surface area contributed by atoms with Gasteiger partial charge in [-0.1, -0.05) is 26.0 Å². The Morgan fingerprint density at radius 3 is 2.20 bits per heavy atom. The molecule has 30 heavy (non-hydrogen) atoms. The molecule has 2 aromatic carbocycles. The second-order valence-corrected chi connectivity index (χ2v) is 7.10. The summed E-state index contributed by atoms with van der Waals surface area (Å²) >= 11 is 0. The Hall–Kier alpha value is -3.35. The second kappa shape index (κ2) is 11.6. The molecule has 0 spiro atoms. The maximum absolute atomic E-state index is 12.3. The lowest BCUT2D eigenvalue weighted by molar-refractivity contribution is -0.114. The first-order chi connectivity index (χ1) is 14.4. The summed E-state index contributed by atoms with van der Waals surface area (Å²) in [5.74, 6) is -0.565. The summed E-state index contributed by atoms with van der Waals surface area (Å²) in [6, 6.07) is 13.9. The lowest BCUT2D eigenvalue weighted by Gasteiger charge is -2.13. The van der Waals surface area contributed by atoms with Gasteiger partial charge in [0.05, 0.1) is 6.54 Å². The van der Waals surface area contributed by atoms with Crippen LogP contribution < -0.4 is 21.3 Å². The maximum atomic E-state index is 12.3. The third-order valence-electron chi connectivity index (χ3n) is 4.51. The van der Waals surface area contributed by atoms with E-state index >= 15 is 0 Å². The minimum absolute atomic E-state index is 0.0305. The number of hydrogen-bond donors (Lipinski definition) is 4. The van der Waals surface area contributed by atoms with Gasteiger partial charge < -0.3 is 21.3 Å². The van der Waals surface area contributed by atoms with E-state index in [0.29, 0.717) is 29.0 Å². The molecule has 3 amide bonds. The number of benzene rings is 2. The van der Waals surface area contributed by atoms with Crippen LogP contribution in [0, 0.1) is 0 Å². The number of carbonyl (C=O) groups is 3. The van der Waals surface area contributed by atoms with Crippen LogP contribution in [0.25, 0.3) is 0 Å². The fourth-order valence-corrected chi connectivity index (χ4v) is 2.65. The third kappa shape index (κ3) is 7.24. The Labute approximate surface area is 177 Å². The molecule has 0 saturated carbocycles. The van der Waals surface area contributed by atoms with Crippen molar-refractivity contribution >= 4 is 29.1 Å². The number of rotatable bonds is 10. The van der Waals surface area contributed by atoms with E-state index in [9.17, 15) is 14.4 Å². The molecular formula is C23H30N4O3. The normalized spacial score (nSPS) is 11.3. The molecule has 0 fully saturated rings. The van der Waals surface area contributed by atoms with Gasteiger partial charge in [0, 0.05) is 35.1 Å². The van der Waals surface area contributed by atoms with E-state index in [1.165, 1.54) is 0 Å². The summed E-state index contributed by atoms with van der Waals surface area (Å²) in [6.07, 6.45) is 1.71. The molecule has 7 heteroatoms. The van der Waals surface area contributed by atoms with Gasteiger partial charge in [0.1, 0.15) is 0 Å². The molecule has 0 aliphatic carbocycles. The molecule has 0 radical (unpaired) electrons. The Balaban J connectivity index is 1.91. The van der Waals surface area contributed by atoms with Crippen molar-refractivity contribution in [1.29, 1.82) is 0 Å². The minimum atomic E-state index is -0.254. The fourth-order valence-electron chi connectivity index (χ4n) is 2.65. The highest BCUT2D eigenvalue weighted by Gasteiger charge is 2.10. The highest BCUT2D eigenvalue weighted by molar-refractivity contribution is 5.98. The lowest BCUT2D eigenvalue weighted by Crippen LogP contribution is -2.31. The van der Waals surface area contributed by atoms with Crippen LogP contribution in [0.15, 0.2) is 48.5 Å². The van der Waals surface area contributed by atoms with Crippen LogP contribution >= 0.6 is 0 Å². The topological polar surface area (TPSA) is 99.3 Å². The Bertz CT molecular complexity index is 882. The van der Waals surface area contributed by atoms with Gasteiger partial charge in [0.15, 0.2) is 0 Å². The Kier molecular flexibility index (Phi) is 8.87. The van der Waals surface area contributed by atoms with E-state index in [-0.39, 0.29) is 30.3 Å². The summed E-state index contributed by atoms with van der Waals surface area (Å²) in [6.45, 7) is 6.58. The van der Waals surface area contributed by atoms with Crippen molar-refractivity contribution in [3.05, 3.63) is 59.7 Å². The average molecular weight is 411 g/mol. The molecule has 0 aliphatic heterocycles. The van der Waals surface area contributed by atoms with Crippen LogP contribution in [0.4, 0.5) is 11.4 Å². The van der Waals surface area contributed by atoms with E-state index in [1.54, 1.807) is 48.5 Å². The van der Waals surface area contributed by atoms with Crippen LogP contribution in [0.5, 0.6) is 0 Å². The van der Waals surface area contributed by atoms with Crippen molar-refractivity contribution in [2.75, 3.05) is 23.7 Å². The van der Waals surface area contributed by atoms with Gasteiger partial charge in [0.2, 0.25) is 5.91 Å². The average Bonchev–Trinajstić information content (AvgIpc) is 2.76. The molecule has 7 nitrogen and oxygen atoms in total. The Morgan fingerprint density at radius 1 is 0.900 bits per heavy atom. The SMILES string of the molecule is CCCNC(=O)c1cccc(NC(=O)CNc2cccc(C(=O)NC(C)CC)c2)c1. The van der Waals surface area contributed by atoms with Crippen molar-refractivity contribution in [3.8, 4) is 0 Å². The van der Waals surface area contributed by atoms with Crippen molar-refractivity contribution < 1.29 is 14.4 Å². The predicted octanol–water partition coefficient (Wildman–Crippen LogP) is 3.41. The van der Waals surface area contributed by atoms with Crippen molar-refractivity contribution in [1.82, 2.24) is 10.6 Å². The second-order valence-electron chi connectivity index (χ2n) is 7.10. The molecule has 0 heterocycles. The molecule has 0 saturated heterocycles. The largest absolute Gasteiger partial charge is 0.376 e. The number of nitrogens with one attached hydrogen (secondary N) is 4. The molecule has 1 atom stereocenters. The number of hydrogen-bond acceptors (Lipinski definition) is 4. The predicted molar refractivity (Wildman–Crippen MR) is 120 cm³/mol. The van der Waals surface area contributed by atoms with Gasteiger partial charge >= 0.3 is 0 Å². The minimum Gasteiger partial charge on any atom is -0.376 e. The third-order valence-corrected chi connectivity index (χ3v) is 4.51. The quantitative estimate of drug-likeness (QED) is 0.482. The molecule has 0 aromatic heterocycles. The molecule has 0 bridgehead atoms. The van der Waals surface area contributed by atoms with E-state index in [2.05, 4.69) is 21.3 Å². The maximum Gasteiger partial charge on any atom is 0.251 e. The summed E-state index contributed by atoms with van der Waals surface area (Å²) in [5, 5.41) is 11.5. The van der Waals surface area contributed by atoms with Gasteiger partial charge in [-0.3, -0.25) is 14.4 Å². The first-order valence-electron chi connectivity index (χ1n) is 10.3. The smallest absolute Gasteiger partial charge is 0.251 e. The lowest BCUT2D eigenvalue weighted by atomic mass is 10.1. The Morgan fingerprint density at radius 2 is 1.53 bits per heavy atom. The summed E-state index contributed by atoms with van der Waals surface area (Å²) in [5.41, 5.74) is 2.25. The van der Waals surface area contributed by atoms with Gasteiger partial charge in [-0.15, -0.1) is 0 Å². The number of amides is 3. The zero-order chi connectivity index (χ0) is 21.9. The van der Waals surface area contributed by atoms with Crippen LogP contribution in [0.3, 0.4) is 0 Å². The van der Waals surface area contributed by atoms with Crippen LogP contribution in [-0.4, -0.2) is 36.9 Å². The van der Waals surface area contributed by atoms with E-state index < -0.39 is 0 Å². The highest BCUT2D eigenvalue weighted by Crippen LogP contribution is 2.13. The van der Waals surface area contributed by atoms with Crippen molar-refractivity contribution in [2.24, 2.45) is 0 Å². The van der Waals surface area contributed by atoms with Gasteiger partial charge in [-0.05, 0) is 56.2 Å². The molecule has 4 N–H and O–H groups in total. The fraction of sp³-hybridized carbons (Fsp3) is 0.348. The first-order valence-corrected chi connectivity index (χ1v) is 10.3. The van der Waals surface area contributed by atoms with Gasteiger partial charge in [-0.2, -0.15) is 0 Å². The van der Waals surface area contributed by atoms with Crippen molar-refractivity contribution in [2.45, 2.75) is 39.7 Å². The van der Waals surface area contributed by atoms with E-state index in [0.717, 1.165) is 12.8 Å². The number of carbonyl (C=O) groups excluding carboxylic acids is 3. The van der Waals surface area contributed by atoms with Crippen LogP contribution in [-0.2, 0) is 4.79 Å². The van der Waals surface area contributed by atoms with E-state index in [4.69, 9.17) is 0 Å². The molecule has 1 unspecified atom stereocenters. The van der Waals surface area contributed by atoms with Crippen LogP contribution in [0.2, 0.25) is 0 Å². The van der Waals surface area contributed by atoms with E-state index in [1.807, 2.05) is 20.8 Å². The standard InChI is InChI=1S/C23H30N4O3/c1-4-12-24-22(29)17-8-7-11-20(14-17)27-21(28)15-25-19-10-6-9-18(13-19)23(30)26-16(3)5-2/h6-11,13-14,16,25H,4-5,12,15H2,1-3H3,(H,24,29)(H,26,30)(H,27,28). The van der Waals surface area contributed by atoms with Gasteiger partial charge in [-0.25, -0.2) is 0 Å². The molecule has 2 aromatic rings. The first kappa shape index (κ1) is 22.9. The van der Waals surface area contributed by atoms with Gasteiger partial charge in [0.25, 0.3) is 11.8 Å². The monoisotopic (exact) mass is 410 g/mol. The summed E-state index contributed by atoms with van der Waals surface area (Å²) in [4.78, 5) is 36.6. The molecular weight excluding hydrogens is 380 g/mol. The molecule has 0 aliphatic rings.